The number of hydrogen-bond donors (Lipinski definition) is 0. The summed E-state index contributed by atoms with van der Waals surface area (Å²) >= 11 is 0. The van der Waals surface area contributed by atoms with Gasteiger partial charge >= 0.3 is 5.69 Å². The molecule has 0 aromatic carbocycles. The summed E-state index contributed by atoms with van der Waals surface area (Å²) < 4.78 is 1.38. The Kier molecular flexibility index (Phi) is 2.38. The third-order valence-electron chi connectivity index (χ3n) is 1.28. The Morgan fingerprint density at radius 2 is 2.58 bits per heavy atom. The van der Waals surface area contributed by atoms with E-state index in [0.29, 0.717) is 13.0 Å². The van der Waals surface area contributed by atoms with Crippen LogP contribution in [0.4, 0.5) is 5.69 Å². The fourth-order valence-electron chi connectivity index (χ4n) is 0.734. The molecule has 6 heteroatoms. The van der Waals surface area contributed by atoms with Crippen LogP contribution in [0.15, 0.2) is 12.4 Å². The highest BCUT2D eigenvalue weighted by molar-refractivity contribution is 5.20. The zero-order chi connectivity index (χ0) is 8.97. The molecule has 0 saturated carbocycles. The number of hydrogen-bond acceptors (Lipinski definition) is 4. The molecule has 0 amide bonds. The van der Waals surface area contributed by atoms with Gasteiger partial charge in [0.1, 0.15) is 12.4 Å². The largest absolute Gasteiger partial charge is 0.306 e. The van der Waals surface area contributed by atoms with Gasteiger partial charge in [-0.3, -0.25) is 14.8 Å². The summed E-state index contributed by atoms with van der Waals surface area (Å²) in [4.78, 5) is 9.66. The third kappa shape index (κ3) is 1.79. The van der Waals surface area contributed by atoms with Crippen LogP contribution in [0.3, 0.4) is 0 Å². The number of rotatable bonds is 3. The molecular formula is C6H6N4O2. The first-order valence-electron chi connectivity index (χ1n) is 3.28. The molecule has 1 heterocycles. The van der Waals surface area contributed by atoms with E-state index >= 15 is 0 Å². The summed E-state index contributed by atoms with van der Waals surface area (Å²) in [5.74, 6) is 0. The molecule has 0 fully saturated rings. The Morgan fingerprint density at radius 3 is 3.08 bits per heavy atom. The summed E-state index contributed by atoms with van der Waals surface area (Å²) in [6.07, 6.45) is 2.77. The standard InChI is InChI=1S/C6H6N4O2/c7-2-1-3-9-5-6(4-8-9)10(11)12/h4-5H,1,3H2. The summed E-state index contributed by atoms with van der Waals surface area (Å²) in [5, 5.41) is 22.1. The molecule has 0 aliphatic carbocycles. The molecule has 0 unspecified atom stereocenters. The predicted molar refractivity (Wildman–Crippen MR) is 39.1 cm³/mol. The Balaban J connectivity index is 2.66. The lowest BCUT2D eigenvalue weighted by Gasteiger charge is -1.91. The van der Waals surface area contributed by atoms with E-state index in [4.69, 9.17) is 5.26 Å². The highest BCUT2D eigenvalue weighted by atomic mass is 16.6. The molecule has 62 valence electrons. The molecular weight excluding hydrogens is 160 g/mol. The number of nitriles is 1. The summed E-state index contributed by atoms with van der Waals surface area (Å²) in [6, 6.07) is 1.92. The third-order valence-corrected chi connectivity index (χ3v) is 1.28. The van der Waals surface area contributed by atoms with E-state index in [-0.39, 0.29) is 5.69 Å². The van der Waals surface area contributed by atoms with Gasteiger partial charge < -0.3 is 0 Å². The van der Waals surface area contributed by atoms with Gasteiger partial charge in [-0.1, -0.05) is 0 Å². The number of aryl methyl sites for hydroxylation is 1. The molecule has 12 heavy (non-hydrogen) atoms. The molecule has 0 aliphatic rings. The van der Waals surface area contributed by atoms with E-state index in [2.05, 4.69) is 5.10 Å². The second kappa shape index (κ2) is 3.48. The van der Waals surface area contributed by atoms with Crippen LogP contribution in [-0.4, -0.2) is 14.7 Å². The van der Waals surface area contributed by atoms with Gasteiger partial charge in [-0.15, -0.1) is 0 Å². The van der Waals surface area contributed by atoms with Crippen LogP contribution in [0.2, 0.25) is 0 Å². The van der Waals surface area contributed by atoms with Crippen LogP contribution < -0.4 is 0 Å². The van der Waals surface area contributed by atoms with Crippen molar-refractivity contribution in [3.63, 3.8) is 0 Å². The molecule has 0 N–H and O–H groups in total. The summed E-state index contributed by atoms with van der Waals surface area (Å²) in [6.45, 7) is 0.393. The molecule has 0 aliphatic heterocycles. The molecule has 1 rings (SSSR count). The maximum atomic E-state index is 10.2. The fraction of sp³-hybridized carbons (Fsp3) is 0.333. The Bertz CT molecular complexity index is 325. The average Bonchev–Trinajstić information content (AvgIpc) is 2.48. The minimum atomic E-state index is -0.518. The normalized spacial score (nSPS) is 9.25. The lowest BCUT2D eigenvalue weighted by molar-refractivity contribution is -0.385. The van der Waals surface area contributed by atoms with Gasteiger partial charge in [0.2, 0.25) is 0 Å². The van der Waals surface area contributed by atoms with Crippen molar-refractivity contribution >= 4 is 5.69 Å². The number of nitrogens with zero attached hydrogens (tertiary/aromatic N) is 4. The van der Waals surface area contributed by atoms with Crippen molar-refractivity contribution in [3.8, 4) is 6.07 Å². The topological polar surface area (TPSA) is 84.8 Å². The molecule has 0 radical (unpaired) electrons. The van der Waals surface area contributed by atoms with Gasteiger partial charge in [0.15, 0.2) is 0 Å². The molecule has 0 bridgehead atoms. The van der Waals surface area contributed by atoms with Crippen LogP contribution in [0.25, 0.3) is 0 Å². The molecule has 1 aromatic heterocycles. The van der Waals surface area contributed by atoms with Gasteiger partial charge in [0.05, 0.1) is 24.0 Å². The molecule has 6 nitrogen and oxygen atoms in total. The molecule has 0 spiro atoms. The maximum Gasteiger partial charge on any atom is 0.306 e. The van der Waals surface area contributed by atoms with Gasteiger partial charge in [-0.25, -0.2) is 0 Å². The zero-order valence-electron chi connectivity index (χ0n) is 6.17. The lowest BCUT2D eigenvalue weighted by atomic mass is 10.5. The van der Waals surface area contributed by atoms with Crippen molar-refractivity contribution < 1.29 is 4.92 Å². The van der Waals surface area contributed by atoms with E-state index in [9.17, 15) is 10.1 Å². The first kappa shape index (κ1) is 8.20. The summed E-state index contributed by atoms with van der Waals surface area (Å²) in [7, 11) is 0. The smallest absolute Gasteiger partial charge is 0.265 e. The van der Waals surface area contributed by atoms with Crippen molar-refractivity contribution in [1.82, 2.24) is 9.78 Å². The van der Waals surface area contributed by atoms with Gasteiger partial charge in [-0.05, 0) is 0 Å². The second-order valence-corrected chi connectivity index (χ2v) is 2.13. The lowest BCUT2D eigenvalue weighted by Crippen LogP contribution is -1.96. The van der Waals surface area contributed by atoms with Crippen LogP contribution in [0.1, 0.15) is 6.42 Å². The second-order valence-electron chi connectivity index (χ2n) is 2.13. The Labute approximate surface area is 68.2 Å². The van der Waals surface area contributed by atoms with E-state index < -0.39 is 4.92 Å². The summed E-state index contributed by atoms with van der Waals surface area (Å²) in [5.41, 5.74) is -0.0482. The minimum absolute atomic E-state index is 0.0482. The number of aromatic nitrogens is 2. The van der Waals surface area contributed by atoms with Crippen molar-refractivity contribution in [3.05, 3.63) is 22.5 Å². The van der Waals surface area contributed by atoms with E-state index in [1.807, 2.05) is 6.07 Å². The van der Waals surface area contributed by atoms with E-state index in [0.717, 1.165) is 6.20 Å². The predicted octanol–water partition coefficient (Wildman–Crippen LogP) is 0.705. The quantitative estimate of drug-likeness (QED) is 0.488. The monoisotopic (exact) mass is 166 g/mol. The highest BCUT2D eigenvalue weighted by Crippen LogP contribution is 2.07. The van der Waals surface area contributed by atoms with Crippen LogP contribution >= 0.6 is 0 Å². The van der Waals surface area contributed by atoms with E-state index in [1.165, 1.54) is 10.9 Å². The van der Waals surface area contributed by atoms with Gasteiger partial charge in [-0.2, -0.15) is 10.4 Å². The van der Waals surface area contributed by atoms with Gasteiger partial charge in [0, 0.05) is 0 Å². The first-order chi connectivity index (χ1) is 5.74. The highest BCUT2D eigenvalue weighted by Gasteiger charge is 2.07. The molecule has 1 aromatic rings. The van der Waals surface area contributed by atoms with Crippen molar-refractivity contribution in [1.29, 1.82) is 5.26 Å². The molecule has 0 atom stereocenters. The average molecular weight is 166 g/mol. The Morgan fingerprint density at radius 1 is 1.83 bits per heavy atom. The van der Waals surface area contributed by atoms with Crippen LogP contribution in [0, 0.1) is 21.4 Å². The number of nitro groups is 1. The fourth-order valence-corrected chi connectivity index (χ4v) is 0.734. The SMILES string of the molecule is N#CCCn1cc([N+](=O)[O-])cn1. The minimum Gasteiger partial charge on any atom is -0.265 e. The van der Waals surface area contributed by atoms with Gasteiger partial charge in [0.25, 0.3) is 0 Å². The maximum absolute atomic E-state index is 10.2. The Hall–Kier alpha value is -1.90. The van der Waals surface area contributed by atoms with Crippen molar-refractivity contribution in [2.24, 2.45) is 0 Å². The van der Waals surface area contributed by atoms with Crippen molar-refractivity contribution in [2.75, 3.05) is 0 Å². The van der Waals surface area contributed by atoms with Crippen LogP contribution in [-0.2, 0) is 6.54 Å². The van der Waals surface area contributed by atoms with E-state index in [1.54, 1.807) is 0 Å². The van der Waals surface area contributed by atoms with Crippen LogP contribution in [0.5, 0.6) is 0 Å². The molecule has 0 saturated heterocycles. The zero-order valence-corrected chi connectivity index (χ0v) is 6.17. The van der Waals surface area contributed by atoms with Crippen molar-refractivity contribution in [2.45, 2.75) is 13.0 Å². The first-order valence-corrected chi connectivity index (χ1v) is 3.28.